The van der Waals surface area contributed by atoms with Crippen molar-refractivity contribution in [2.75, 3.05) is 11.9 Å². The van der Waals surface area contributed by atoms with Gasteiger partial charge in [0.25, 0.3) is 5.91 Å². The highest BCUT2D eigenvalue weighted by Crippen LogP contribution is 2.23. The Bertz CT molecular complexity index is 704. The van der Waals surface area contributed by atoms with Crippen molar-refractivity contribution in [3.8, 4) is 5.75 Å². The zero-order chi connectivity index (χ0) is 16.7. The van der Waals surface area contributed by atoms with Crippen LogP contribution in [0.25, 0.3) is 0 Å². The minimum absolute atomic E-state index is 0.152. The molecule has 0 radical (unpaired) electrons. The van der Waals surface area contributed by atoms with Crippen molar-refractivity contribution in [2.45, 2.75) is 13.5 Å². The first-order valence-corrected chi connectivity index (χ1v) is 7.43. The Balaban J connectivity index is 1.87. The van der Waals surface area contributed by atoms with Crippen molar-refractivity contribution in [2.24, 2.45) is 0 Å². The molecule has 2 aromatic carbocycles. The van der Waals surface area contributed by atoms with Crippen LogP contribution in [0.5, 0.6) is 5.75 Å². The molecule has 2 amide bonds. The number of hydrogen-bond donors (Lipinski definition) is 2. The van der Waals surface area contributed by atoms with Gasteiger partial charge in [-0.15, -0.1) is 0 Å². The van der Waals surface area contributed by atoms with Gasteiger partial charge >= 0.3 is 0 Å². The molecule has 120 valence electrons. The molecule has 0 spiro atoms. The zero-order valence-corrected chi connectivity index (χ0v) is 13.4. The first-order valence-electron chi connectivity index (χ1n) is 7.06. The van der Waals surface area contributed by atoms with Crippen molar-refractivity contribution in [3.05, 3.63) is 59.1 Å². The first kappa shape index (κ1) is 16.8. The highest BCUT2D eigenvalue weighted by Gasteiger charge is 2.08. The summed E-state index contributed by atoms with van der Waals surface area (Å²) >= 11 is 6.03. The topological polar surface area (TPSA) is 67.4 Å². The number of carbonyl (C=O) groups excluding carboxylic acids is 2. The standard InChI is InChI=1S/C17H17ClN2O3/c1-12(21)20-15-8-4-5-9-16(15)23-11-17(22)19-10-13-6-2-3-7-14(13)18/h2-9H,10-11H2,1H3,(H,19,22)(H,20,21). The lowest BCUT2D eigenvalue weighted by molar-refractivity contribution is -0.123. The Labute approximate surface area is 139 Å². The van der Waals surface area contributed by atoms with Crippen LogP contribution in [0.4, 0.5) is 5.69 Å². The number of nitrogens with one attached hydrogen (secondary N) is 2. The van der Waals surface area contributed by atoms with Crippen LogP contribution >= 0.6 is 11.6 Å². The minimum Gasteiger partial charge on any atom is -0.482 e. The van der Waals surface area contributed by atoms with Gasteiger partial charge in [-0.1, -0.05) is 41.9 Å². The molecule has 0 unspecified atom stereocenters. The van der Waals surface area contributed by atoms with E-state index in [-0.39, 0.29) is 18.4 Å². The predicted octanol–water partition coefficient (Wildman–Crippen LogP) is 2.99. The lowest BCUT2D eigenvalue weighted by Crippen LogP contribution is -2.28. The Hall–Kier alpha value is -2.53. The second-order valence-corrected chi connectivity index (χ2v) is 5.24. The van der Waals surface area contributed by atoms with Crippen LogP contribution in [-0.4, -0.2) is 18.4 Å². The summed E-state index contributed by atoms with van der Waals surface area (Å²) in [5.74, 6) is -0.0395. The van der Waals surface area contributed by atoms with Crippen molar-refractivity contribution in [1.29, 1.82) is 0 Å². The molecule has 23 heavy (non-hydrogen) atoms. The summed E-state index contributed by atoms with van der Waals surface area (Å²) in [5, 5.41) is 5.99. The summed E-state index contributed by atoms with van der Waals surface area (Å²) < 4.78 is 5.46. The molecule has 2 N–H and O–H groups in total. The molecule has 0 aliphatic heterocycles. The normalized spacial score (nSPS) is 10.0. The van der Waals surface area contributed by atoms with Crippen LogP contribution in [0, 0.1) is 0 Å². The lowest BCUT2D eigenvalue weighted by Gasteiger charge is -2.12. The largest absolute Gasteiger partial charge is 0.482 e. The van der Waals surface area contributed by atoms with E-state index in [2.05, 4.69) is 10.6 Å². The number of amides is 2. The molecule has 0 saturated carbocycles. The highest BCUT2D eigenvalue weighted by molar-refractivity contribution is 6.31. The van der Waals surface area contributed by atoms with E-state index >= 15 is 0 Å². The van der Waals surface area contributed by atoms with E-state index in [4.69, 9.17) is 16.3 Å². The average Bonchev–Trinajstić information content (AvgIpc) is 2.53. The fourth-order valence-electron chi connectivity index (χ4n) is 1.92. The summed E-state index contributed by atoms with van der Waals surface area (Å²) in [6, 6.07) is 14.2. The molecule has 2 aromatic rings. The molecule has 0 aromatic heterocycles. The van der Waals surface area contributed by atoms with E-state index < -0.39 is 0 Å². The number of anilines is 1. The Morgan fingerprint density at radius 2 is 1.78 bits per heavy atom. The van der Waals surface area contributed by atoms with E-state index in [0.717, 1.165) is 5.56 Å². The molecule has 0 saturated heterocycles. The average molecular weight is 333 g/mol. The summed E-state index contributed by atoms with van der Waals surface area (Å²) in [7, 11) is 0. The maximum atomic E-state index is 11.9. The Kier molecular flexibility index (Phi) is 6.00. The highest BCUT2D eigenvalue weighted by atomic mass is 35.5. The van der Waals surface area contributed by atoms with Crippen LogP contribution in [0.1, 0.15) is 12.5 Å². The number of carbonyl (C=O) groups is 2. The van der Waals surface area contributed by atoms with E-state index in [1.165, 1.54) is 6.92 Å². The molecule has 0 atom stereocenters. The van der Waals surface area contributed by atoms with Crippen molar-refractivity contribution < 1.29 is 14.3 Å². The smallest absolute Gasteiger partial charge is 0.258 e. The molecule has 0 aliphatic rings. The van der Waals surface area contributed by atoms with Crippen molar-refractivity contribution >= 4 is 29.1 Å². The third kappa shape index (κ3) is 5.30. The van der Waals surface area contributed by atoms with Gasteiger partial charge in [-0.2, -0.15) is 0 Å². The van der Waals surface area contributed by atoms with E-state index in [1.807, 2.05) is 18.2 Å². The van der Waals surface area contributed by atoms with Crippen LogP contribution in [-0.2, 0) is 16.1 Å². The van der Waals surface area contributed by atoms with Gasteiger partial charge in [0.05, 0.1) is 5.69 Å². The third-order valence-electron chi connectivity index (χ3n) is 2.99. The van der Waals surface area contributed by atoms with Gasteiger partial charge in [0, 0.05) is 18.5 Å². The monoisotopic (exact) mass is 332 g/mol. The number of halogens is 1. The zero-order valence-electron chi connectivity index (χ0n) is 12.6. The number of benzene rings is 2. The number of hydrogen-bond acceptors (Lipinski definition) is 3. The molecule has 6 heteroatoms. The second kappa shape index (κ2) is 8.19. The second-order valence-electron chi connectivity index (χ2n) is 4.83. The fourth-order valence-corrected chi connectivity index (χ4v) is 2.12. The minimum atomic E-state index is -0.275. The molecular formula is C17H17ClN2O3. The van der Waals surface area contributed by atoms with Gasteiger partial charge < -0.3 is 15.4 Å². The van der Waals surface area contributed by atoms with E-state index in [9.17, 15) is 9.59 Å². The summed E-state index contributed by atoms with van der Waals surface area (Å²) in [6.07, 6.45) is 0. The summed E-state index contributed by atoms with van der Waals surface area (Å²) in [6.45, 7) is 1.59. The molecule has 0 heterocycles. The maximum Gasteiger partial charge on any atom is 0.258 e. The maximum absolute atomic E-state index is 11.9. The molecule has 5 nitrogen and oxygen atoms in total. The van der Waals surface area contributed by atoms with Crippen LogP contribution in [0.15, 0.2) is 48.5 Å². The Morgan fingerprint density at radius 3 is 2.52 bits per heavy atom. The lowest BCUT2D eigenvalue weighted by atomic mass is 10.2. The Morgan fingerprint density at radius 1 is 1.09 bits per heavy atom. The fraction of sp³-hybridized carbons (Fsp3) is 0.176. The number of rotatable bonds is 6. The third-order valence-corrected chi connectivity index (χ3v) is 3.36. The van der Waals surface area contributed by atoms with Gasteiger partial charge in [0.15, 0.2) is 6.61 Å². The quantitative estimate of drug-likeness (QED) is 0.854. The van der Waals surface area contributed by atoms with Crippen molar-refractivity contribution in [1.82, 2.24) is 5.32 Å². The van der Waals surface area contributed by atoms with Gasteiger partial charge in [0.2, 0.25) is 5.91 Å². The summed E-state index contributed by atoms with van der Waals surface area (Å²) in [4.78, 5) is 23.0. The first-order chi connectivity index (χ1) is 11.1. The molecular weight excluding hydrogens is 316 g/mol. The summed E-state index contributed by atoms with van der Waals surface area (Å²) in [5.41, 5.74) is 1.36. The molecule has 0 aliphatic carbocycles. The van der Waals surface area contributed by atoms with Crippen LogP contribution in [0.2, 0.25) is 5.02 Å². The van der Waals surface area contributed by atoms with Crippen LogP contribution in [0.3, 0.4) is 0 Å². The SMILES string of the molecule is CC(=O)Nc1ccccc1OCC(=O)NCc1ccccc1Cl. The van der Waals surface area contributed by atoms with Gasteiger partial charge in [-0.25, -0.2) is 0 Å². The predicted molar refractivity (Wildman–Crippen MR) is 89.5 cm³/mol. The molecule has 0 bridgehead atoms. The van der Waals surface area contributed by atoms with Gasteiger partial charge in [0.1, 0.15) is 5.75 Å². The van der Waals surface area contributed by atoms with Gasteiger partial charge in [-0.05, 0) is 23.8 Å². The van der Waals surface area contributed by atoms with Crippen LogP contribution < -0.4 is 15.4 Å². The molecule has 2 rings (SSSR count). The van der Waals surface area contributed by atoms with E-state index in [0.29, 0.717) is 23.0 Å². The van der Waals surface area contributed by atoms with E-state index in [1.54, 1.807) is 30.3 Å². The number of para-hydroxylation sites is 2. The molecule has 0 fully saturated rings. The van der Waals surface area contributed by atoms with Crippen molar-refractivity contribution in [3.63, 3.8) is 0 Å². The van der Waals surface area contributed by atoms with Gasteiger partial charge in [-0.3, -0.25) is 9.59 Å². The number of ether oxygens (including phenoxy) is 1.